The summed E-state index contributed by atoms with van der Waals surface area (Å²) in [7, 11) is 0. The van der Waals surface area contributed by atoms with Crippen molar-refractivity contribution in [3.63, 3.8) is 0 Å². The van der Waals surface area contributed by atoms with Crippen LogP contribution in [0.5, 0.6) is 0 Å². The van der Waals surface area contributed by atoms with Crippen LogP contribution in [0.2, 0.25) is 0 Å². The minimum absolute atomic E-state index is 0. The highest BCUT2D eigenvalue weighted by atomic mass is 35.5. The summed E-state index contributed by atoms with van der Waals surface area (Å²) in [5.41, 5.74) is 2.30. The molecule has 0 saturated carbocycles. The van der Waals surface area contributed by atoms with E-state index >= 15 is 0 Å². The maximum atomic E-state index is 10.7. The lowest BCUT2D eigenvalue weighted by Crippen LogP contribution is -2.15. The molecule has 0 radical (unpaired) electrons. The number of aryl methyl sites for hydroxylation is 1. The van der Waals surface area contributed by atoms with E-state index in [-0.39, 0.29) is 17.6 Å². The predicted octanol–water partition coefficient (Wildman–Crippen LogP) is 4.57. The van der Waals surface area contributed by atoms with E-state index in [2.05, 4.69) is 41.7 Å². The van der Waals surface area contributed by atoms with Crippen LogP contribution in [0.4, 0.5) is 5.69 Å². The molecule has 1 N–H and O–H groups in total. The SMILES string of the molecule is Cl.O=C(Cl)CCc1ccc(NCC2CC=CCC2)cc1. The second-order valence-electron chi connectivity index (χ2n) is 5.08. The third-order valence-electron chi connectivity index (χ3n) is 3.54. The van der Waals surface area contributed by atoms with Gasteiger partial charge < -0.3 is 5.32 Å². The number of nitrogens with one attached hydrogen (secondary N) is 1. The van der Waals surface area contributed by atoms with E-state index in [9.17, 15) is 4.79 Å². The summed E-state index contributed by atoms with van der Waals surface area (Å²) in [5, 5.41) is 3.21. The molecule has 0 aliphatic heterocycles. The Kier molecular flexibility index (Phi) is 7.71. The standard InChI is InChI=1S/C16H20ClNO.ClH/c17-16(19)11-8-13-6-9-15(10-7-13)18-12-14-4-2-1-3-5-14;/h1-2,6-7,9-10,14,18H,3-5,8,11-12H2;1H. The topological polar surface area (TPSA) is 29.1 Å². The van der Waals surface area contributed by atoms with E-state index in [1.807, 2.05) is 0 Å². The number of carbonyl (C=O) groups excluding carboxylic acids is 1. The van der Waals surface area contributed by atoms with Crippen molar-refractivity contribution >= 4 is 34.9 Å². The molecule has 1 atom stereocenters. The number of anilines is 1. The van der Waals surface area contributed by atoms with E-state index in [0.717, 1.165) is 30.1 Å². The fraction of sp³-hybridized carbons (Fsp3) is 0.438. The molecular weight excluding hydrogens is 293 g/mol. The molecule has 0 saturated heterocycles. The third kappa shape index (κ3) is 5.98. The molecule has 1 unspecified atom stereocenters. The number of rotatable bonds is 6. The van der Waals surface area contributed by atoms with Gasteiger partial charge >= 0.3 is 0 Å². The monoisotopic (exact) mass is 313 g/mol. The van der Waals surface area contributed by atoms with Gasteiger partial charge in [0, 0.05) is 18.7 Å². The molecule has 1 aliphatic rings. The Bertz CT molecular complexity index is 442. The molecule has 0 bridgehead atoms. The van der Waals surface area contributed by atoms with Gasteiger partial charge in [-0.2, -0.15) is 0 Å². The Morgan fingerprint density at radius 3 is 2.60 bits per heavy atom. The van der Waals surface area contributed by atoms with E-state index in [4.69, 9.17) is 11.6 Å². The number of benzene rings is 1. The van der Waals surface area contributed by atoms with E-state index in [1.54, 1.807) is 0 Å². The fourth-order valence-corrected chi connectivity index (χ4v) is 2.43. The van der Waals surface area contributed by atoms with E-state index in [1.165, 1.54) is 19.3 Å². The molecule has 1 aromatic carbocycles. The first-order valence-electron chi connectivity index (χ1n) is 6.90. The first kappa shape index (κ1) is 17.1. The van der Waals surface area contributed by atoms with Crippen LogP contribution in [-0.2, 0) is 11.2 Å². The van der Waals surface area contributed by atoms with Gasteiger partial charge in [-0.25, -0.2) is 0 Å². The van der Waals surface area contributed by atoms with Crippen molar-refractivity contribution in [3.8, 4) is 0 Å². The Labute approximate surface area is 132 Å². The number of hydrogen-bond acceptors (Lipinski definition) is 2. The van der Waals surface area contributed by atoms with Crippen molar-refractivity contribution in [2.24, 2.45) is 5.92 Å². The summed E-state index contributed by atoms with van der Waals surface area (Å²) in [5.74, 6) is 0.749. The van der Waals surface area contributed by atoms with Gasteiger partial charge in [-0.15, -0.1) is 12.4 Å². The predicted molar refractivity (Wildman–Crippen MR) is 87.8 cm³/mol. The first-order valence-corrected chi connectivity index (χ1v) is 7.28. The first-order chi connectivity index (χ1) is 9.24. The second kappa shape index (κ2) is 9.04. The van der Waals surface area contributed by atoms with Crippen molar-refractivity contribution in [1.29, 1.82) is 0 Å². The minimum Gasteiger partial charge on any atom is -0.385 e. The van der Waals surface area contributed by atoms with Crippen molar-refractivity contribution in [2.75, 3.05) is 11.9 Å². The lowest BCUT2D eigenvalue weighted by Gasteiger charge is -2.18. The molecule has 1 aliphatic carbocycles. The second-order valence-corrected chi connectivity index (χ2v) is 5.50. The van der Waals surface area contributed by atoms with Crippen molar-refractivity contribution in [3.05, 3.63) is 42.0 Å². The Balaban J connectivity index is 0.00000200. The van der Waals surface area contributed by atoms with Crippen molar-refractivity contribution < 1.29 is 4.79 Å². The Morgan fingerprint density at radius 1 is 1.25 bits per heavy atom. The zero-order chi connectivity index (χ0) is 13.5. The molecule has 0 aromatic heterocycles. The Morgan fingerprint density at radius 2 is 2.00 bits per heavy atom. The van der Waals surface area contributed by atoms with Gasteiger partial charge in [0.25, 0.3) is 0 Å². The normalized spacial score (nSPS) is 17.4. The molecule has 4 heteroatoms. The zero-order valence-corrected chi connectivity index (χ0v) is 13.1. The number of halogens is 2. The molecule has 2 nitrogen and oxygen atoms in total. The van der Waals surface area contributed by atoms with Crippen LogP contribution in [0.3, 0.4) is 0 Å². The van der Waals surface area contributed by atoms with Crippen LogP contribution in [-0.4, -0.2) is 11.8 Å². The summed E-state index contributed by atoms with van der Waals surface area (Å²) in [4.78, 5) is 10.7. The van der Waals surface area contributed by atoms with Crippen LogP contribution < -0.4 is 5.32 Å². The molecule has 0 heterocycles. The maximum Gasteiger partial charge on any atom is 0.221 e. The molecule has 20 heavy (non-hydrogen) atoms. The van der Waals surface area contributed by atoms with Gasteiger partial charge in [-0.05, 0) is 60.9 Å². The molecule has 0 amide bonds. The third-order valence-corrected chi connectivity index (χ3v) is 3.73. The van der Waals surface area contributed by atoms with Gasteiger partial charge in [0.05, 0.1) is 0 Å². The largest absolute Gasteiger partial charge is 0.385 e. The van der Waals surface area contributed by atoms with Crippen LogP contribution >= 0.6 is 24.0 Å². The van der Waals surface area contributed by atoms with Crippen molar-refractivity contribution in [1.82, 2.24) is 0 Å². The summed E-state index contributed by atoms with van der Waals surface area (Å²) >= 11 is 5.34. The maximum absolute atomic E-state index is 10.7. The summed E-state index contributed by atoms with van der Waals surface area (Å²) in [6.07, 6.45) is 9.34. The van der Waals surface area contributed by atoms with Gasteiger partial charge in [0.2, 0.25) is 5.24 Å². The van der Waals surface area contributed by atoms with Crippen molar-refractivity contribution in [2.45, 2.75) is 32.1 Å². The lowest BCUT2D eigenvalue weighted by molar-refractivity contribution is -0.111. The molecule has 2 rings (SSSR count). The quantitative estimate of drug-likeness (QED) is 0.615. The molecule has 0 fully saturated rings. The smallest absolute Gasteiger partial charge is 0.221 e. The molecule has 110 valence electrons. The number of allylic oxidation sites excluding steroid dienone is 2. The molecule has 0 spiro atoms. The summed E-state index contributed by atoms with van der Waals surface area (Å²) in [6.45, 7) is 1.03. The van der Waals surface area contributed by atoms with Crippen LogP contribution in [0.25, 0.3) is 0 Å². The van der Waals surface area contributed by atoms with Crippen LogP contribution in [0, 0.1) is 5.92 Å². The van der Waals surface area contributed by atoms with E-state index in [0.29, 0.717) is 6.42 Å². The lowest BCUT2D eigenvalue weighted by atomic mass is 9.94. The highest BCUT2D eigenvalue weighted by Crippen LogP contribution is 2.19. The minimum atomic E-state index is -0.271. The number of carbonyl (C=O) groups is 1. The average molecular weight is 314 g/mol. The van der Waals surface area contributed by atoms with Crippen LogP contribution in [0.15, 0.2) is 36.4 Å². The Hall–Kier alpha value is -0.990. The van der Waals surface area contributed by atoms with Gasteiger partial charge in [-0.3, -0.25) is 4.79 Å². The molecule has 1 aromatic rings. The summed E-state index contributed by atoms with van der Waals surface area (Å²) < 4.78 is 0. The van der Waals surface area contributed by atoms with Gasteiger partial charge in [0.1, 0.15) is 0 Å². The number of hydrogen-bond donors (Lipinski definition) is 1. The van der Waals surface area contributed by atoms with Gasteiger partial charge in [0.15, 0.2) is 0 Å². The summed E-state index contributed by atoms with van der Waals surface area (Å²) in [6, 6.07) is 8.27. The van der Waals surface area contributed by atoms with Crippen LogP contribution in [0.1, 0.15) is 31.2 Å². The van der Waals surface area contributed by atoms with Gasteiger partial charge in [-0.1, -0.05) is 24.3 Å². The molecular formula is C16H21Cl2NO. The average Bonchev–Trinajstić information content (AvgIpc) is 2.45. The zero-order valence-electron chi connectivity index (χ0n) is 11.5. The highest BCUT2D eigenvalue weighted by Gasteiger charge is 2.09. The van der Waals surface area contributed by atoms with E-state index < -0.39 is 0 Å². The fourth-order valence-electron chi connectivity index (χ4n) is 2.34. The highest BCUT2D eigenvalue weighted by molar-refractivity contribution is 6.63.